The Kier molecular flexibility index (Phi) is 4.99. The van der Waals surface area contributed by atoms with Crippen molar-refractivity contribution in [3.63, 3.8) is 0 Å². The summed E-state index contributed by atoms with van der Waals surface area (Å²) >= 11 is 1.03. The molecule has 0 radical (unpaired) electrons. The van der Waals surface area contributed by atoms with Gasteiger partial charge < -0.3 is 5.32 Å². The zero-order valence-electron chi connectivity index (χ0n) is 9.85. The fraction of sp³-hybridized carbons (Fsp3) is 0.667. The molecule has 1 saturated heterocycles. The number of thioether (sulfide) groups is 1. The molecular weight excluding hydrogens is 228 g/mol. The van der Waals surface area contributed by atoms with Gasteiger partial charge in [-0.1, -0.05) is 18.3 Å². The molecule has 0 spiro atoms. The topological polar surface area (TPSA) is 12.0 Å². The molecule has 0 aromatic carbocycles. The summed E-state index contributed by atoms with van der Waals surface area (Å²) in [6, 6.07) is 0. The van der Waals surface area contributed by atoms with Crippen molar-refractivity contribution in [3.8, 4) is 0 Å². The molecule has 0 saturated carbocycles. The van der Waals surface area contributed by atoms with Crippen molar-refractivity contribution < 1.29 is 8.78 Å². The van der Waals surface area contributed by atoms with E-state index in [4.69, 9.17) is 0 Å². The van der Waals surface area contributed by atoms with E-state index in [0.717, 1.165) is 37.7 Å². The first-order chi connectivity index (χ1) is 7.42. The van der Waals surface area contributed by atoms with Crippen LogP contribution in [0.2, 0.25) is 0 Å². The predicted octanol–water partition coefficient (Wildman–Crippen LogP) is 3.79. The van der Waals surface area contributed by atoms with Gasteiger partial charge in [0, 0.05) is 10.8 Å². The summed E-state index contributed by atoms with van der Waals surface area (Å²) in [5, 5.41) is 1.85. The standard InChI is InChI=1S/C12H19F2NS/c1-9(13)8-10(2)16-12(3,14)11-4-6-15-7-5-11/h8,11,15H,2,4-7H2,1,3H3/b9-8+. The van der Waals surface area contributed by atoms with E-state index in [1.165, 1.54) is 13.0 Å². The highest BCUT2D eigenvalue weighted by atomic mass is 32.2. The Bertz CT molecular complexity index is 277. The van der Waals surface area contributed by atoms with Crippen molar-refractivity contribution in [1.82, 2.24) is 5.32 Å². The molecule has 0 aromatic heterocycles. The molecule has 4 heteroatoms. The zero-order chi connectivity index (χ0) is 12.2. The van der Waals surface area contributed by atoms with Gasteiger partial charge in [0.15, 0.2) is 5.00 Å². The molecule has 0 aliphatic carbocycles. The largest absolute Gasteiger partial charge is 0.317 e. The van der Waals surface area contributed by atoms with Crippen LogP contribution in [0.5, 0.6) is 0 Å². The van der Waals surface area contributed by atoms with Gasteiger partial charge in [-0.25, -0.2) is 8.78 Å². The van der Waals surface area contributed by atoms with Crippen molar-refractivity contribution in [2.75, 3.05) is 13.1 Å². The molecule has 1 atom stereocenters. The van der Waals surface area contributed by atoms with Crippen molar-refractivity contribution in [2.24, 2.45) is 5.92 Å². The molecule has 1 rings (SSSR count). The maximum Gasteiger partial charge on any atom is 0.160 e. The van der Waals surface area contributed by atoms with Gasteiger partial charge in [-0.3, -0.25) is 0 Å². The molecule has 0 aromatic rings. The van der Waals surface area contributed by atoms with Crippen molar-refractivity contribution >= 4 is 11.8 Å². The molecule has 1 aliphatic rings. The number of rotatable bonds is 4. The Labute approximate surface area is 100 Å². The minimum absolute atomic E-state index is 0.0174. The Balaban J connectivity index is 2.55. The van der Waals surface area contributed by atoms with E-state index >= 15 is 0 Å². The van der Waals surface area contributed by atoms with E-state index in [9.17, 15) is 8.78 Å². The number of allylic oxidation sites excluding steroid dienone is 2. The quantitative estimate of drug-likeness (QED) is 0.758. The molecule has 16 heavy (non-hydrogen) atoms. The number of nitrogens with one attached hydrogen (secondary N) is 1. The fourth-order valence-electron chi connectivity index (χ4n) is 1.93. The smallest absolute Gasteiger partial charge is 0.160 e. The number of alkyl halides is 1. The Morgan fingerprint density at radius 1 is 1.50 bits per heavy atom. The molecular formula is C12H19F2NS. The van der Waals surface area contributed by atoms with Gasteiger partial charge in [-0.15, -0.1) is 0 Å². The van der Waals surface area contributed by atoms with E-state index in [0.29, 0.717) is 4.91 Å². The second-order valence-electron chi connectivity index (χ2n) is 4.31. The minimum Gasteiger partial charge on any atom is -0.317 e. The van der Waals surface area contributed by atoms with Crippen molar-refractivity contribution in [1.29, 1.82) is 0 Å². The highest BCUT2D eigenvalue weighted by Crippen LogP contribution is 2.42. The molecule has 1 N–H and O–H groups in total. The zero-order valence-corrected chi connectivity index (χ0v) is 10.7. The van der Waals surface area contributed by atoms with Crippen LogP contribution in [0.1, 0.15) is 26.7 Å². The SMILES string of the molecule is C=C(/C=C(\C)F)SC(C)(F)C1CCNCC1. The molecule has 1 heterocycles. The van der Waals surface area contributed by atoms with Gasteiger partial charge in [0.25, 0.3) is 0 Å². The maximum atomic E-state index is 14.4. The predicted molar refractivity (Wildman–Crippen MR) is 66.7 cm³/mol. The lowest BCUT2D eigenvalue weighted by Gasteiger charge is -2.33. The van der Waals surface area contributed by atoms with E-state index in [1.54, 1.807) is 6.92 Å². The number of piperidine rings is 1. The lowest BCUT2D eigenvalue weighted by molar-refractivity contribution is 0.173. The molecule has 92 valence electrons. The van der Waals surface area contributed by atoms with Crippen molar-refractivity contribution in [3.05, 3.63) is 23.4 Å². The van der Waals surface area contributed by atoms with E-state index in [2.05, 4.69) is 11.9 Å². The van der Waals surface area contributed by atoms with Gasteiger partial charge in [0.1, 0.15) is 0 Å². The van der Waals surface area contributed by atoms with Gasteiger partial charge in [0.05, 0.1) is 5.83 Å². The first-order valence-corrected chi connectivity index (χ1v) is 6.35. The van der Waals surface area contributed by atoms with Crippen LogP contribution in [-0.4, -0.2) is 18.1 Å². The van der Waals surface area contributed by atoms with Gasteiger partial charge in [-0.2, -0.15) is 0 Å². The normalized spacial score (nSPS) is 22.9. The van der Waals surface area contributed by atoms with Crippen LogP contribution in [0.3, 0.4) is 0 Å². The summed E-state index contributed by atoms with van der Waals surface area (Å²) in [5.74, 6) is -0.317. The van der Waals surface area contributed by atoms with Crippen LogP contribution in [0.15, 0.2) is 23.4 Å². The van der Waals surface area contributed by atoms with Gasteiger partial charge in [0.2, 0.25) is 0 Å². The van der Waals surface area contributed by atoms with Crippen LogP contribution in [-0.2, 0) is 0 Å². The minimum atomic E-state index is -1.36. The highest BCUT2D eigenvalue weighted by molar-refractivity contribution is 8.04. The summed E-state index contributed by atoms with van der Waals surface area (Å²) in [6.07, 6.45) is 2.93. The molecule has 1 nitrogen and oxygen atoms in total. The van der Waals surface area contributed by atoms with Crippen molar-refractivity contribution in [2.45, 2.75) is 31.7 Å². The number of hydrogen-bond donors (Lipinski definition) is 1. The number of halogens is 2. The Morgan fingerprint density at radius 3 is 2.56 bits per heavy atom. The van der Waals surface area contributed by atoms with E-state index < -0.39 is 5.00 Å². The third kappa shape index (κ3) is 4.26. The summed E-state index contributed by atoms with van der Waals surface area (Å²) in [5.41, 5.74) is 0. The molecule has 1 aliphatic heterocycles. The molecule has 0 amide bonds. The third-order valence-electron chi connectivity index (χ3n) is 2.76. The summed E-state index contributed by atoms with van der Waals surface area (Å²) in [7, 11) is 0. The molecule has 1 unspecified atom stereocenters. The summed E-state index contributed by atoms with van der Waals surface area (Å²) < 4.78 is 27.0. The second kappa shape index (κ2) is 5.82. The maximum absolute atomic E-state index is 14.4. The first kappa shape index (κ1) is 13.7. The summed E-state index contributed by atoms with van der Waals surface area (Å²) in [6.45, 7) is 8.29. The third-order valence-corrected chi connectivity index (χ3v) is 3.87. The van der Waals surface area contributed by atoms with Crippen LogP contribution < -0.4 is 5.32 Å². The average molecular weight is 247 g/mol. The molecule has 0 bridgehead atoms. The van der Waals surface area contributed by atoms with Gasteiger partial charge in [-0.05, 0) is 45.9 Å². The highest BCUT2D eigenvalue weighted by Gasteiger charge is 2.35. The first-order valence-electron chi connectivity index (χ1n) is 5.53. The second-order valence-corrected chi connectivity index (χ2v) is 5.84. The monoisotopic (exact) mass is 247 g/mol. The van der Waals surface area contributed by atoms with Crippen LogP contribution in [0, 0.1) is 5.92 Å². The van der Waals surface area contributed by atoms with Crippen LogP contribution >= 0.6 is 11.8 Å². The lowest BCUT2D eigenvalue weighted by atomic mass is 9.93. The lowest BCUT2D eigenvalue weighted by Crippen LogP contribution is -2.36. The van der Waals surface area contributed by atoms with Gasteiger partial charge >= 0.3 is 0 Å². The van der Waals surface area contributed by atoms with E-state index in [1.807, 2.05) is 0 Å². The Hall–Kier alpha value is -0.350. The summed E-state index contributed by atoms with van der Waals surface area (Å²) in [4.78, 5) is 0.448. The molecule has 1 fully saturated rings. The fourth-order valence-corrected chi connectivity index (χ4v) is 3.06. The van der Waals surface area contributed by atoms with E-state index in [-0.39, 0.29) is 11.7 Å². The Morgan fingerprint density at radius 2 is 2.06 bits per heavy atom. The number of hydrogen-bond acceptors (Lipinski definition) is 2. The van der Waals surface area contributed by atoms with Crippen LogP contribution in [0.25, 0.3) is 0 Å². The average Bonchev–Trinajstić information content (AvgIpc) is 2.16. The van der Waals surface area contributed by atoms with Crippen LogP contribution in [0.4, 0.5) is 8.78 Å².